The van der Waals surface area contributed by atoms with E-state index in [-0.39, 0.29) is 11.9 Å². The smallest absolute Gasteiger partial charge is 0.230 e. The van der Waals surface area contributed by atoms with Crippen LogP contribution in [0.3, 0.4) is 0 Å². The summed E-state index contributed by atoms with van der Waals surface area (Å²) < 4.78 is 6.85. The highest BCUT2D eigenvalue weighted by Gasteiger charge is 2.31. The molecule has 0 amide bonds. The van der Waals surface area contributed by atoms with E-state index in [1.165, 1.54) is 28.2 Å². The molecule has 1 N–H and O–H groups in total. The van der Waals surface area contributed by atoms with Crippen molar-refractivity contribution in [2.24, 2.45) is 0 Å². The van der Waals surface area contributed by atoms with E-state index < -0.39 is 0 Å². The number of aromatic nitrogens is 3. The van der Waals surface area contributed by atoms with Gasteiger partial charge in [-0.3, -0.25) is 4.90 Å². The molecule has 0 radical (unpaired) electrons. The molecule has 166 valence electrons. The third-order valence-electron chi connectivity index (χ3n) is 6.03. The monoisotopic (exact) mass is 449 g/mol. The van der Waals surface area contributed by atoms with Crippen LogP contribution in [0.2, 0.25) is 0 Å². The number of thiazole rings is 1. The molecule has 5 rings (SSSR count). The summed E-state index contributed by atoms with van der Waals surface area (Å²) in [5, 5.41) is 15.4. The van der Waals surface area contributed by atoms with Crippen LogP contribution < -0.4 is 9.64 Å². The van der Waals surface area contributed by atoms with Crippen molar-refractivity contribution in [2.45, 2.75) is 19.9 Å². The van der Waals surface area contributed by atoms with E-state index in [0.717, 1.165) is 41.8 Å². The minimum atomic E-state index is -0.0401. The second-order valence-electron chi connectivity index (χ2n) is 8.18. The van der Waals surface area contributed by atoms with Gasteiger partial charge in [0, 0.05) is 31.9 Å². The number of hydrogen-bond acceptors (Lipinski definition) is 7. The van der Waals surface area contributed by atoms with Crippen molar-refractivity contribution >= 4 is 22.0 Å². The Morgan fingerprint density at radius 2 is 1.78 bits per heavy atom. The van der Waals surface area contributed by atoms with Gasteiger partial charge in [-0.15, -0.1) is 5.10 Å². The minimum absolute atomic E-state index is 0.0401. The lowest BCUT2D eigenvalue weighted by molar-refractivity contribution is 0.211. The second-order valence-corrected chi connectivity index (χ2v) is 9.19. The summed E-state index contributed by atoms with van der Waals surface area (Å²) in [6.45, 7) is 7.54. The first-order valence-corrected chi connectivity index (χ1v) is 11.6. The summed E-state index contributed by atoms with van der Waals surface area (Å²) in [5.74, 6) is 1.72. The van der Waals surface area contributed by atoms with Crippen LogP contribution in [0.25, 0.3) is 4.96 Å². The van der Waals surface area contributed by atoms with Gasteiger partial charge in [0.2, 0.25) is 10.8 Å². The number of rotatable bonds is 5. The first-order valence-electron chi connectivity index (χ1n) is 10.8. The Hall–Kier alpha value is -3.10. The molecule has 0 saturated carbocycles. The lowest BCUT2D eigenvalue weighted by Gasteiger charge is -2.40. The Balaban J connectivity index is 1.44. The molecule has 2 aromatic carbocycles. The number of anilines is 1. The van der Waals surface area contributed by atoms with Crippen LogP contribution in [0.4, 0.5) is 5.69 Å². The fourth-order valence-corrected chi connectivity index (χ4v) is 5.59. The molecule has 32 heavy (non-hydrogen) atoms. The summed E-state index contributed by atoms with van der Waals surface area (Å²) in [6, 6.07) is 16.7. The molecular weight excluding hydrogens is 422 g/mol. The Morgan fingerprint density at radius 3 is 2.44 bits per heavy atom. The number of benzene rings is 2. The highest BCUT2D eigenvalue weighted by atomic mass is 32.1. The van der Waals surface area contributed by atoms with Crippen LogP contribution in [0.1, 0.15) is 27.9 Å². The molecular formula is C24H27N5O2S. The van der Waals surface area contributed by atoms with E-state index in [1.54, 1.807) is 11.6 Å². The van der Waals surface area contributed by atoms with Gasteiger partial charge in [0.05, 0.1) is 18.0 Å². The number of methoxy groups -OCH3 is 1. The first kappa shape index (κ1) is 20.8. The van der Waals surface area contributed by atoms with Crippen molar-refractivity contribution in [3.05, 3.63) is 70.4 Å². The maximum atomic E-state index is 11.0. The lowest BCUT2D eigenvalue weighted by Crippen LogP contribution is -2.47. The van der Waals surface area contributed by atoms with Gasteiger partial charge in [0.1, 0.15) is 11.6 Å². The molecule has 0 bridgehead atoms. The van der Waals surface area contributed by atoms with Crippen LogP contribution in [0.15, 0.2) is 48.5 Å². The summed E-state index contributed by atoms with van der Waals surface area (Å²) in [4.78, 5) is 10.9. The Kier molecular flexibility index (Phi) is 5.48. The zero-order valence-electron chi connectivity index (χ0n) is 18.5. The summed E-state index contributed by atoms with van der Waals surface area (Å²) in [5.41, 5.74) is 3.59. The van der Waals surface area contributed by atoms with Crippen molar-refractivity contribution in [1.29, 1.82) is 0 Å². The molecule has 1 fully saturated rings. The summed E-state index contributed by atoms with van der Waals surface area (Å²) in [7, 11) is 1.69. The van der Waals surface area contributed by atoms with Crippen molar-refractivity contribution in [2.75, 3.05) is 38.2 Å². The average Bonchev–Trinajstić information content (AvgIpc) is 3.31. The van der Waals surface area contributed by atoms with E-state index in [1.807, 2.05) is 19.1 Å². The Morgan fingerprint density at radius 1 is 1.03 bits per heavy atom. The molecule has 8 heteroatoms. The van der Waals surface area contributed by atoms with Gasteiger partial charge < -0.3 is 14.7 Å². The van der Waals surface area contributed by atoms with E-state index in [9.17, 15) is 5.11 Å². The van der Waals surface area contributed by atoms with Gasteiger partial charge in [0.25, 0.3) is 0 Å². The number of ether oxygens (including phenoxy) is 1. The maximum absolute atomic E-state index is 11.0. The average molecular weight is 450 g/mol. The molecule has 1 atom stereocenters. The topological polar surface area (TPSA) is 66.1 Å². The van der Waals surface area contributed by atoms with Gasteiger partial charge in [-0.1, -0.05) is 41.2 Å². The van der Waals surface area contributed by atoms with Crippen LogP contribution >= 0.6 is 11.3 Å². The van der Waals surface area contributed by atoms with Crippen molar-refractivity contribution < 1.29 is 9.84 Å². The molecule has 4 aromatic rings. The molecule has 1 aliphatic rings. The quantitative estimate of drug-likeness (QED) is 0.496. The van der Waals surface area contributed by atoms with Crippen LogP contribution in [-0.4, -0.2) is 57.9 Å². The fourth-order valence-electron chi connectivity index (χ4n) is 4.43. The Labute approximate surface area is 191 Å². The van der Waals surface area contributed by atoms with Gasteiger partial charge >= 0.3 is 0 Å². The zero-order chi connectivity index (χ0) is 22.2. The highest BCUT2D eigenvalue weighted by Crippen LogP contribution is 2.40. The van der Waals surface area contributed by atoms with Gasteiger partial charge in [-0.05, 0) is 43.7 Å². The molecule has 2 aromatic heterocycles. The Bertz CT molecular complexity index is 1230. The molecule has 0 spiro atoms. The molecule has 0 aliphatic carbocycles. The molecule has 7 nitrogen and oxygen atoms in total. The third kappa shape index (κ3) is 3.80. The summed E-state index contributed by atoms with van der Waals surface area (Å²) in [6.07, 6.45) is 0. The molecule has 1 unspecified atom stereocenters. The maximum Gasteiger partial charge on any atom is 0.230 e. The van der Waals surface area contributed by atoms with E-state index in [4.69, 9.17) is 4.74 Å². The highest BCUT2D eigenvalue weighted by molar-refractivity contribution is 7.17. The second kappa shape index (κ2) is 8.44. The van der Waals surface area contributed by atoms with E-state index in [2.05, 4.69) is 63.2 Å². The first-order chi connectivity index (χ1) is 15.5. The largest absolute Gasteiger partial charge is 0.497 e. The normalized spacial score (nSPS) is 15.9. The zero-order valence-corrected chi connectivity index (χ0v) is 19.3. The molecule has 1 saturated heterocycles. The lowest BCUT2D eigenvalue weighted by atomic mass is 10.0. The number of aryl methyl sites for hydroxylation is 2. The van der Waals surface area contributed by atoms with Crippen molar-refractivity contribution in [1.82, 2.24) is 19.5 Å². The van der Waals surface area contributed by atoms with Gasteiger partial charge in [0.15, 0.2) is 0 Å². The van der Waals surface area contributed by atoms with Crippen LogP contribution in [-0.2, 0) is 0 Å². The summed E-state index contributed by atoms with van der Waals surface area (Å²) >= 11 is 1.52. The van der Waals surface area contributed by atoms with Gasteiger partial charge in [-0.25, -0.2) is 4.98 Å². The van der Waals surface area contributed by atoms with Crippen molar-refractivity contribution in [3.63, 3.8) is 0 Å². The van der Waals surface area contributed by atoms with Crippen molar-refractivity contribution in [3.8, 4) is 11.6 Å². The number of fused-ring (bicyclic) bond motifs is 1. The molecule has 1 aliphatic heterocycles. The van der Waals surface area contributed by atoms with E-state index in [0.29, 0.717) is 5.82 Å². The fraction of sp³-hybridized carbons (Fsp3) is 0.333. The predicted molar refractivity (Wildman–Crippen MR) is 127 cm³/mol. The number of piperazine rings is 1. The standard InChI is InChI=1S/C24H27N5O2S/c1-16-5-4-6-18(15-16)21(22-23(30)29-24(32-22)25-17(2)26-29)28-13-11-27(12-14-28)19-7-9-20(31-3)10-8-19/h4-10,15,21,30H,11-14H2,1-3H3. The number of hydrogen-bond donors (Lipinski definition) is 1. The molecule has 3 heterocycles. The third-order valence-corrected chi connectivity index (χ3v) is 7.10. The van der Waals surface area contributed by atoms with Crippen LogP contribution in [0, 0.1) is 13.8 Å². The number of nitrogens with zero attached hydrogens (tertiary/aromatic N) is 5. The SMILES string of the molecule is COc1ccc(N2CCN(C(c3cccc(C)c3)c3sc4nc(C)nn4c3O)CC2)cc1. The van der Waals surface area contributed by atoms with Gasteiger partial charge in [-0.2, -0.15) is 4.52 Å². The van der Waals surface area contributed by atoms with E-state index >= 15 is 0 Å². The predicted octanol–water partition coefficient (Wildman–Crippen LogP) is 4.03. The number of aromatic hydroxyl groups is 1. The minimum Gasteiger partial charge on any atom is -0.497 e. The van der Waals surface area contributed by atoms with Crippen LogP contribution in [0.5, 0.6) is 11.6 Å².